The second kappa shape index (κ2) is 9.85. The van der Waals surface area contributed by atoms with Gasteiger partial charge in [0.15, 0.2) is 0 Å². The van der Waals surface area contributed by atoms with Crippen LogP contribution in [0.4, 0.5) is 11.4 Å². The first-order valence-electron chi connectivity index (χ1n) is 11.3. The van der Waals surface area contributed by atoms with Gasteiger partial charge >= 0.3 is 0 Å². The third kappa shape index (κ3) is 4.53. The lowest BCUT2D eigenvalue weighted by Crippen LogP contribution is -2.37. The molecule has 3 heterocycles. The number of thiophene rings is 1. The predicted octanol–water partition coefficient (Wildman–Crippen LogP) is 5.26. The maximum atomic E-state index is 13.2. The van der Waals surface area contributed by atoms with E-state index in [1.165, 1.54) is 4.21 Å². The highest BCUT2D eigenvalue weighted by Gasteiger charge is 2.31. The number of carbonyl (C=O) groups excluding carboxylic acids is 2. The Morgan fingerprint density at radius 3 is 2.97 bits per heavy atom. The highest BCUT2D eigenvalue weighted by molar-refractivity contribution is 7.98. The fourth-order valence-corrected chi connectivity index (χ4v) is 6.63. The molecule has 2 aliphatic heterocycles. The van der Waals surface area contributed by atoms with Crippen LogP contribution in [0.25, 0.3) is 10.8 Å². The van der Waals surface area contributed by atoms with Gasteiger partial charge in [0.1, 0.15) is 0 Å². The molecule has 0 saturated carbocycles. The molecule has 5 rings (SSSR count). The highest BCUT2D eigenvalue weighted by Crippen LogP contribution is 2.41. The number of amides is 2. The Hall–Kier alpha value is -2.39. The number of hydrogen-bond acceptors (Lipinski definition) is 6. The summed E-state index contributed by atoms with van der Waals surface area (Å²) in [6, 6.07) is 13.8. The van der Waals surface area contributed by atoms with Gasteiger partial charge in [-0.15, -0.1) is 11.3 Å². The average molecular weight is 482 g/mol. The van der Waals surface area contributed by atoms with E-state index in [0.29, 0.717) is 18.7 Å². The number of rotatable bonds is 8. The van der Waals surface area contributed by atoms with Crippen LogP contribution < -0.4 is 10.2 Å². The van der Waals surface area contributed by atoms with Crippen molar-refractivity contribution in [2.45, 2.75) is 23.5 Å². The van der Waals surface area contributed by atoms with Crippen LogP contribution >= 0.6 is 23.3 Å². The first-order chi connectivity index (χ1) is 16.2. The molecule has 6 nitrogen and oxygen atoms in total. The Balaban J connectivity index is 1.34. The molecule has 3 aromatic rings. The van der Waals surface area contributed by atoms with Gasteiger partial charge in [-0.05, 0) is 60.9 Å². The number of hydrogen-bond donors (Lipinski definition) is 1. The lowest BCUT2D eigenvalue weighted by Gasteiger charge is -2.30. The van der Waals surface area contributed by atoms with Gasteiger partial charge in [-0.25, -0.2) is 4.31 Å². The Kier molecular flexibility index (Phi) is 6.69. The lowest BCUT2D eigenvalue weighted by atomic mass is 9.98. The molecular weight excluding hydrogens is 454 g/mol. The molecule has 1 unspecified atom stereocenters. The van der Waals surface area contributed by atoms with Crippen LogP contribution in [0.1, 0.15) is 29.6 Å². The number of ether oxygens (including phenoxy) is 1. The van der Waals surface area contributed by atoms with Crippen molar-refractivity contribution in [1.82, 2.24) is 4.31 Å². The van der Waals surface area contributed by atoms with Crippen LogP contribution in [0.2, 0.25) is 0 Å². The topological polar surface area (TPSA) is 61.9 Å². The van der Waals surface area contributed by atoms with Gasteiger partial charge in [-0.3, -0.25) is 9.59 Å². The summed E-state index contributed by atoms with van der Waals surface area (Å²) in [7, 11) is 1.67. The van der Waals surface area contributed by atoms with Crippen LogP contribution in [0, 0.1) is 5.92 Å². The SMILES string of the molecule is COCCCN1C(=O)c2cccc3c(NC(=O)C4CCCN(Sc5cccs5)C4)ccc1c23. The van der Waals surface area contributed by atoms with E-state index in [4.69, 9.17) is 4.74 Å². The number of nitrogens with one attached hydrogen (secondary N) is 1. The van der Waals surface area contributed by atoms with Crippen molar-refractivity contribution in [1.29, 1.82) is 0 Å². The smallest absolute Gasteiger partial charge is 0.258 e. The zero-order chi connectivity index (χ0) is 22.8. The summed E-state index contributed by atoms with van der Waals surface area (Å²) in [5, 5.41) is 7.10. The summed E-state index contributed by atoms with van der Waals surface area (Å²) in [5.74, 6) is 0.0126. The molecule has 1 atom stereocenters. The van der Waals surface area contributed by atoms with Crippen molar-refractivity contribution in [3.8, 4) is 0 Å². The molecule has 0 spiro atoms. The Labute approximate surface area is 202 Å². The van der Waals surface area contributed by atoms with Crippen LogP contribution in [0.15, 0.2) is 52.1 Å². The van der Waals surface area contributed by atoms with Crippen molar-refractivity contribution >= 4 is 57.2 Å². The summed E-state index contributed by atoms with van der Waals surface area (Å²) in [5.41, 5.74) is 2.39. The Bertz CT molecular complexity index is 1170. The molecule has 0 radical (unpaired) electrons. The molecule has 33 heavy (non-hydrogen) atoms. The van der Waals surface area contributed by atoms with Crippen molar-refractivity contribution in [2.24, 2.45) is 5.92 Å². The standard InChI is InChI=1S/C25H27N3O3S2/c1-31-14-5-13-28-21-11-10-20(18-7-2-8-19(23(18)21)25(28)30)26-24(29)17-6-3-12-27(16-17)33-22-9-4-15-32-22/h2,4,7-11,15,17H,3,5-6,12-14,16H2,1H3,(H,26,29). The monoisotopic (exact) mass is 481 g/mol. The van der Waals surface area contributed by atoms with E-state index in [1.807, 2.05) is 35.2 Å². The van der Waals surface area contributed by atoms with E-state index in [9.17, 15) is 9.59 Å². The fourth-order valence-electron chi connectivity index (χ4n) is 4.66. The maximum absolute atomic E-state index is 13.2. The van der Waals surface area contributed by atoms with Crippen molar-refractivity contribution in [2.75, 3.05) is 43.6 Å². The van der Waals surface area contributed by atoms with Crippen molar-refractivity contribution in [3.63, 3.8) is 0 Å². The van der Waals surface area contributed by atoms with Gasteiger partial charge < -0.3 is 15.0 Å². The van der Waals surface area contributed by atoms with Crippen LogP contribution in [-0.2, 0) is 9.53 Å². The first kappa shape index (κ1) is 22.4. The highest BCUT2D eigenvalue weighted by atomic mass is 32.2. The molecule has 1 fully saturated rings. The number of carbonyl (C=O) groups is 2. The summed E-state index contributed by atoms with van der Waals surface area (Å²) >= 11 is 3.47. The number of piperidine rings is 1. The number of methoxy groups -OCH3 is 1. The summed E-state index contributed by atoms with van der Waals surface area (Å²) < 4.78 is 8.70. The molecule has 1 N–H and O–H groups in total. The minimum absolute atomic E-state index is 0.0173. The quantitative estimate of drug-likeness (QED) is 0.351. The molecule has 2 aliphatic rings. The van der Waals surface area contributed by atoms with Crippen LogP contribution in [0.5, 0.6) is 0 Å². The molecule has 172 valence electrons. The van der Waals surface area contributed by atoms with Gasteiger partial charge in [0, 0.05) is 55.4 Å². The van der Waals surface area contributed by atoms with E-state index >= 15 is 0 Å². The van der Waals surface area contributed by atoms with Crippen molar-refractivity contribution < 1.29 is 14.3 Å². The Morgan fingerprint density at radius 1 is 1.24 bits per heavy atom. The largest absolute Gasteiger partial charge is 0.385 e. The van der Waals surface area contributed by atoms with Gasteiger partial charge in [-0.2, -0.15) is 0 Å². The van der Waals surface area contributed by atoms with Crippen molar-refractivity contribution in [3.05, 3.63) is 53.4 Å². The molecule has 1 saturated heterocycles. The minimum atomic E-state index is -0.0542. The van der Waals surface area contributed by atoms with Gasteiger partial charge in [0.25, 0.3) is 5.91 Å². The number of benzene rings is 2. The van der Waals surface area contributed by atoms with E-state index in [0.717, 1.165) is 54.5 Å². The van der Waals surface area contributed by atoms with Crippen LogP contribution in [0.3, 0.4) is 0 Å². The molecule has 0 bridgehead atoms. The summed E-state index contributed by atoms with van der Waals surface area (Å²) in [6.07, 6.45) is 2.67. The molecule has 2 aromatic carbocycles. The molecular formula is C25H27N3O3S2. The van der Waals surface area contributed by atoms with E-state index in [2.05, 4.69) is 27.1 Å². The number of nitrogens with zero attached hydrogens (tertiary/aromatic N) is 2. The number of anilines is 2. The first-order valence-corrected chi connectivity index (χ1v) is 12.9. The van der Waals surface area contributed by atoms with E-state index in [-0.39, 0.29) is 17.7 Å². The van der Waals surface area contributed by atoms with E-state index in [1.54, 1.807) is 30.4 Å². The normalized spacial score (nSPS) is 18.3. The second-order valence-electron chi connectivity index (χ2n) is 8.40. The summed E-state index contributed by atoms with van der Waals surface area (Å²) in [6.45, 7) is 2.96. The van der Waals surface area contributed by atoms with Gasteiger partial charge in [0.2, 0.25) is 5.91 Å². The zero-order valence-corrected chi connectivity index (χ0v) is 20.2. The van der Waals surface area contributed by atoms with Gasteiger partial charge in [0.05, 0.1) is 15.8 Å². The molecule has 8 heteroatoms. The van der Waals surface area contributed by atoms with E-state index < -0.39 is 0 Å². The lowest BCUT2D eigenvalue weighted by molar-refractivity contribution is -0.120. The summed E-state index contributed by atoms with van der Waals surface area (Å²) in [4.78, 5) is 28.0. The minimum Gasteiger partial charge on any atom is -0.385 e. The third-order valence-electron chi connectivity index (χ3n) is 6.24. The third-order valence-corrected chi connectivity index (χ3v) is 8.32. The van der Waals surface area contributed by atoms with Crippen LogP contribution in [-0.4, -0.2) is 49.5 Å². The average Bonchev–Trinajstić information content (AvgIpc) is 3.44. The zero-order valence-electron chi connectivity index (χ0n) is 18.6. The maximum Gasteiger partial charge on any atom is 0.258 e. The van der Waals surface area contributed by atoms with Gasteiger partial charge in [-0.1, -0.05) is 18.2 Å². The molecule has 2 amide bonds. The fraction of sp³-hybridized carbons (Fsp3) is 0.360. The molecule has 1 aromatic heterocycles. The second-order valence-corrected chi connectivity index (χ2v) is 10.7. The Morgan fingerprint density at radius 2 is 2.15 bits per heavy atom. The molecule has 0 aliphatic carbocycles. The predicted molar refractivity (Wildman–Crippen MR) is 135 cm³/mol.